The maximum atomic E-state index is 11.7. The normalized spacial score (nSPS) is 19.7. The van der Waals surface area contributed by atoms with Crippen molar-refractivity contribution >= 4 is 35.0 Å². The van der Waals surface area contributed by atoms with Crippen molar-refractivity contribution < 1.29 is 9.59 Å². The quantitative estimate of drug-likeness (QED) is 0.863. The van der Waals surface area contributed by atoms with Crippen LogP contribution in [0, 0.1) is 0 Å². The Morgan fingerprint density at radius 2 is 1.94 bits per heavy atom. The minimum atomic E-state index is -0.491. The first-order chi connectivity index (χ1) is 8.50. The Morgan fingerprint density at radius 3 is 2.44 bits per heavy atom. The molecule has 4 nitrogen and oxygen atoms in total. The number of rotatable bonds is 3. The number of likely N-dealkylation sites (N-methyl/N-ethyl adjacent to an activating group) is 1. The molecule has 1 aromatic rings. The molecule has 1 N–H and O–H groups in total. The third-order valence-electron chi connectivity index (χ3n) is 2.97. The molecule has 1 aliphatic heterocycles. The van der Waals surface area contributed by atoms with E-state index in [1.54, 1.807) is 18.2 Å². The van der Waals surface area contributed by atoms with Gasteiger partial charge in [0.05, 0.1) is 12.5 Å². The molecule has 1 unspecified atom stereocenters. The second kappa shape index (κ2) is 5.26. The second-order valence-electron chi connectivity index (χ2n) is 4.13. The Hall–Kier alpha value is -1.10. The zero-order valence-electron chi connectivity index (χ0n) is 9.74. The summed E-state index contributed by atoms with van der Waals surface area (Å²) in [7, 11) is 1.48. The number of imide groups is 1. The third-order valence-corrected chi connectivity index (χ3v) is 3.68. The molecule has 1 saturated heterocycles. The first kappa shape index (κ1) is 13.3. The number of hydrogen-bond donors (Lipinski definition) is 1. The largest absolute Gasteiger partial charge is 0.301 e. The number of nitrogens with one attached hydrogen (secondary N) is 1. The Bertz CT molecular complexity index is 485. The van der Waals surface area contributed by atoms with E-state index in [4.69, 9.17) is 23.2 Å². The monoisotopic (exact) mass is 286 g/mol. The van der Waals surface area contributed by atoms with Crippen LogP contribution in [-0.4, -0.2) is 29.8 Å². The fourth-order valence-electron chi connectivity index (χ4n) is 1.84. The third kappa shape index (κ3) is 2.51. The molecule has 1 fully saturated rings. The summed E-state index contributed by atoms with van der Waals surface area (Å²) < 4.78 is 0. The van der Waals surface area contributed by atoms with Crippen LogP contribution in [0.15, 0.2) is 18.2 Å². The van der Waals surface area contributed by atoms with Crippen LogP contribution in [0.5, 0.6) is 0 Å². The molecule has 0 aliphatic carbocycles. The van der Waals surface area contributed by atoms with Gasteiger partial charge in [-0.2, -0.15) is 0 Å². The number of likely N-dealkylation sites (tertiary alicyclic amines) is 1. The lowest BCUT2D eigenvalue weighted by Gasteiger charge is -2.12. The summed E-state index contributed by atoms with van der Waals surface area (Å²) in [5.41, 5.74) is 0.732. The fourth-order valence-corrected chi connectivity index (χ4v) is 2.37. The predicted octanol–water partition coefficient (Wildman–Crippen LogP) is 1.84. The van der Waals surface area contributed by atoms with Crippen molar-refractivity contribution in [2.45, 2.75) is 19.0 Å². The highest BCUT2D eigenvalue weighted by Crippen LogP contribution is 2.24. The van der Waals surface area contributed by atoms with Gasteiger partial charge in [-0.3, -0.25) is 14.5 Å². The van der Waals surface area contributed by atoms with E-state index >= 15 is 0 Å². The Labute approximate surface area is 115 Å². The van der Waals surface area contributed by atoms with Crippen LogP contribution in [0.25, 0.3) is 0 Å². The van der Waals surface area contributed by atoms with E-state index in [-0.39, 0.29) is 18.2 Å². The minimum absolute atomic E-state index is 0.178. The average molecular weight is 287 g/mol. The highest BCUT2D eigenvalue weighted by atomic mass is 35.5. The van der Waals surface area contributed by atoms with E-state index in [2.05, 4.69) is 5.32 Å². The van der Waals surface area contributed by atoms with Gasteiger partial charge in [0, 0.05) is 29.2 Å². The molecule has 6 heteroatoms. The first-order valence-corrected chi connectivity index (χ1v) is 6.23. The van der Waals surface area contributed by atoms with Gasteiger partial charge in [0.25, 0.3) is 0 Å². The number of amides is 2. The number of benzene rings is 1. The van der Waals surface area contributed by atoms with Crippen molar-refractivity contribution in [2.75, 3.05) is 7.05 Å². The molecular formula is C12H12Cl2N2O2. The van der Waals surface area contributed by atoms with E-state index in [0.29, 0.717) is 16.6 Å². The summed E-state index contributed by atoms with van der Waals surface area (Å²) in [6, 6.07) is 4.73. The molecule has 1 aromatic carbocycles. The molecule has 0 saturated carbocycles. The number of carbonyl (C=O) groups excluding carboxylic acids is 2. The van der Waals surface area contributed by atoms with Gasteiger partial charge < -0.3 is 5.32 Å². The second-order valence-corrected chi connectivity index (χ2v) is 4.94. The number of carbonyl (C=O) groups is 2. The van der Waals surface area contributed by atoms with Gasteiger partial charge in [-0.05, 0) is 12.1 Å². The summed E-state index contributed by atoms with van der Waals surface area (Å²) in [5, 5.41) is 4.09. The molecule has 0 radical (unpaired) electrons. The molecule has 1 aliphatic rings. The van der Waals surface area contributed by atoms with E-state index in [0.717, 1.165) is 10.5 Å². The lowest BCUT2D eigenvalue weighted by atomic mass is 10.2. The Balaban J connectivity index is 2.05. The van der Waals surface area contributed by atoms with Crippen molar-refractivity contribution in [3.63, 3.8) is 0 Å². The van der Waals surface area contributed by atoms with E-state index < -0.39 is 6.04 Å². The molecule has 1 heterocycles. The van der Waals surface area contributed by atoms with Gasteiger partial charge in [-0.25, -0.2) is 0 Å². The summed E-state index contributed by atoms with van der Waals surface area (Å²) in [6.07, 6.45) is 0.178. The van der Waals surface area contributed by atoms with Crippen LogP contribution in [-0.2, 0) is 16.1 Å². The van der Waals surface area contributed by atoms with Crippen molar-refractivity contribution in [3.05, 3.63) is 33.8 Å². The zero-order valence-corrected chi connectivity index (χ0v) is 11.3. The maximum Gasteiger partial charge on any atom is 0.246 e. The Kier molecular flexibility index (Phi) is 3.90. The van der Waals surface area contributed by atoms with Crippen LogP contribution in [0.1, 0.15) is 12.0 Å². The fraction of sp³-hybridized carbons (Fsp3) is 0.333. The van der Waals surface area contributed by atoms with Gasteiger partial charge in [0.15, 0.2) is 0 Å². The van der Waals surface area contributed by atoms with Crippen LogP contribution in [0.4, 0.5) is 0 Å². The highest BCUT2D eigenvalue weighted by molar-refractivity contribution is 6.35. The van der Waals surface area contributed by atoms with E-state index in [1.165, 1.54) is 7.05 Å². The van der Waals surface area contributed by atoms with Gasteiger partial charge in [-0.15, -0.1) is 0 Å². The van der Waals surface area contributed by atoms with Gasteiger partial charge in [0.1, 0.15) is 0 Å². The smallest absolute Gasteiger partial charge is 0.246 e. The van der Waals surface area contributed by atoms with Crippen LogP contribution < -0.4 is 5.32 Å². The van der Waals surface area contributed by atoms with Crippen LogP contribution >= 0.6 is 23.2 Å². The minimum Gasteiger partial charge on any atom is -0.301 e. The lowest BCUT2D eigenvalue weighted by molar-refractivity contribution is -0.137. The molecule has 18 heavy (non-hydrogen) atoms. The molecular weight excluding hydrogens is 275 g/mol. The predicted molar refractivity (Wildman–Crippen MR) is 69.5 cm³/mol. The zero-order chi connectivity index (χ0) is 13.3. The molecule has 0 bridgehead atoms. The Morgan fingerprint density at radius 1 is 1.33 bits per heavy atom. The van der Waals surface area contributed by atoms with Crippen molar-refractivity contribution in [1.82, 2.24) is 10.2 Å². The molecule has 96 valence electrons. The summed E-state index contributed by atoms with van der Waals surface area (Å²) in [6.45, 7) is 0.357. The van der Waals surface area contributed by atoms with Crippen molar-refractivity contribution in [3.8, 4) is 0 Å². The van der Waals surface area contributed by atoms with Crippen LogP contribution in [0.3, 0.4) is 0 Å². The standard InChI is InChI=1S/C12H12Cl2N2O2/c1-16-11(17)5-10(12(16)18)15-6-7-8(13)3-2-4-9(7)14/h2-4,10,15H,5-6H2,1H3. The maximum absolute atomic E-state index is 11.7. The average Bonchev–Trinajstić information content (AvgIpc) is 2.56. The van der Waals surface area contributed by atoms with Gasteiger partial charge in [0.2, 0.25) is 11.8 Å². The van der Waals surface area contributed by atoms with Crippen molar-refractivity contribution in [2.24, 2.45) is 0 Å². The topological polar surface area (TPSA) is 49.4 Å². The van der Waals surface area contributed by atoms with Gasteiger partial charge >= 0.3 is 0 Å². The highest BCUT2D eigenvalue weighted by Gasteiger charge is 2.35. The first-order valence-electron chi connectivity index (χ1n) is 5.47. The molecule has 1 atom stereocenters. The van der Waals surface area contributed by atoms with Crippen molar-refractivity contribution in [1.29, 1.82) is 0 Å². The molecule has 2 amide bonds. The number of hydrogen-bond acceptors (Lipinski definition) is 3. The SMILES string of the molecule is CN1C(=O)CC(NCc2c(Cl)cccc2Cl)C1=O. The van der Waals surface area contributed by atoms with Gasteiger partial charge in [-0.1, -0.05) is 29.3 Å². The summed E-state index contributed by atoms with van der Waals surface area (Å²) >= 11 is 12.0. The van der Waals surface area contributed by atoms with E-state index in [9.17, 15) is 9.59 Å². The molecule has 0 spiro atoms. The summed E-state index contributed by atoms with van der Waals surface area (Å²) in [4.78, 5) is 24.2. The molecule has 2 rings (SSSR count). The number of halogens is 2. The molecule has 0 aromatic heterocycles. The summed E-state index contributed by atoms with van der Waals surface area (Å²) in [5.74, 6) is -0.397. The van der Waals surface area contributed by atoms with Crippen LogP contribution in [0.2, 0.25) is 10.0 Å². The number of nitrogens with zero attached hydrogens (tertiary/aromatic N) is 1. The van der Waals surface area contributed by atoms with E-state index in [1.807, 2.05) is 0 Å². The lowest BCUT2D eigenvalue weighted by Crippen LogP contribution is -2.36.